The van der Waals surface area contributed by atoms with Crippen molar-refractivity contribution in [3.8, 4) is 0 Å². The Kier molecular flexibility index (Phi) is 5.58. The van der Waals surface area contributed by atoms with E-state index >= 15 is 0 Å². The predicted octanol–water partition coefficient (Wildman–Crippen LogP) is 0.115. The molecule has 1 saturated heterocycles. The summed E-state index contributed by atoms with van der Waals surface area (Å²) in [5.41, 5.74) is 0. The van der Waals surface area contributed by atoms with Crippen molar-refractivity contribution in [3.63, 3.8) is 0 Å². The largest absolute Gasteiger partial charge is 0.387 e. The third-order valence-electron chi connectivity index (χ3n) is 3.07. The first-order valence-electron chi connectivity index (χ1n) is 6.08. The Hall–Kier alpha value is -0.940. The molecule has 0 saturated carbocycles. The van der Waals surface area contributed by atoms with Gasteiger partial charge in [0.1, 0.15) is 6.61 Å². The minimum absolute atomic E-state index is 0.0266. The minimum atomic E-state index is -0.578. The SMILES string of the molecule is CC(C)C(=O)C(NC(=O)CO)C1CCOCC1. The van der Waals surface area contributed by atoms with Crippen molar-refractivity contribution in [2.75, 3.05) is 19.8 Å². The van der Waals surface area contributed by atoms with Crippen LogP contribution in [-0.2, 0) is 14.3 Å². The molecule has 1 unspecified atom stereocenters. The molecule has 0 aromatic carbocycles. The van der Waals surface area contributed by atoms with E-state index in [2.05, 4.69) is 5.32 Å². The van der Waals surface area contributed by atoms with E-state index in [-0.39, 0.29) is 17.6 Å². The van der Waals surface area contributed by atoms with Gasteiger partial charge in [-0.2, -0.15) is 0 Å². The lowest BCUT2D eigenvalue weighted by atomic mass is 9.85. The van der Waals surface area contributed by atoms with Gasteiger partial charge >= 0.3 is 0 Å². The van der Waals surface area contributed by atoms with Gasteiger partial charge in [-0.3, -0.25) is 9.59 Å². The molecule has 0 aromatic heterocycles. The monoisotopic (exact) mass is 243 g/mol. The number of rotatable bonds is 5. The Balaban J connectivity index is 2.69. The molecule has 0 aliphatic carbocycles. The summed E-state index contributed by atoms with van der Waals surface area (Å²) in [7, 11) is 0. The number of Topliss-reactive ketones (excluding diaryl/α,β-unsaturated/α-hetero) is 1. The molecule has 17 heavy (non-hydrogen) atoms. The number of aliphatic hydroxyl groups excluding tert-OH is 1. The van der Waals surface area contributed by atoms with Crippen molar-refractivity contribution in [2.24, 2.45) is 11.8 Å². The average molecular weight is 243 g/mol. The third-order valence-corrected chi connectivity index (χ3v) is 3.07. The van der Waals surface area contributed by atoms with Crippen molar-refractivity contribution < 1.29 is 19.4 Å². The average Bonchev–Trinajstić information content (AvgIpc) is 2.35. The number of amides is 1. The Morgan fingerprint density at radius 1 is 1.35 bits per heavy atom. The second-order valence-electron chi connectivity index (χ2n) is 4.71. The number of nitrogens with one attached hydrogen (secondary N) is 1. The number of carbonyl (C=O) groups is 2. The van der Waals surface area contributed by atoms with Gasteiger partial charge < -0.3 is 15.2 Å². The highest BCUT2D eigenvalue weighted by molar-refractivity contribution is 5.90. The minimum Gasteiger partial charge on any atom is -0.387 e. The molecule has 1 aliphatic heterocycles. The fourth-order valence-corrected chi connectivity index (χ4v) is 2.05. The highest BCUT2D eigenvalue weighted by atomic mass is 16.5. The molecular weight excluding hydrogens is 222 g/mol. The van der Waals surface area contributed by atoms with Gasteiger partial charge in [0.15, 0.2) is 5.78 Å². The smallest absolute Gasteiger partial charge is 0.246 e. The Morgan fingerprint density at radius 3 is 2.41 bits per heavy atom. The highest BCUT2D eigenvalue weighted by Gasteiger charge is 2.32. The molecule has 0 bridgehead atoms. The number of hydrogen-bond donors (Lipinski definition) is 2. The van der Waals surface area contributed by atoms with E-state index < -0.39 is 18.6 Å². The van der Waals surface area contributed by atoms with Crippen LogP contribution in [0.1, 0.15) is 26.7 Å². The molecule has 5 heteroatoms. The lowest BCUT2D eigenvalue weighted by Crippen LogP contribution is -2.49. The van der Waals surface area contributed by atoms with E-state index in [1.54, 1.807) is 0 Å². The van der Waals surface area contributed by atoms with Crippen LogP contribution in [0.4, 0.5) is 0 Å². The van der Waals surface area contributed by atoms with Crippen LogP contribution in [0.2, 0.25) is 0 Å². The van der Waals surface area contributed by atoms with Crippen molar-refractivity contribution in [1.29, 1.82) is 0 Å². The Bertz CT molecular complexity index is 272. The molecule has 0 radical (unpaired) electrons. The van der Waals surface area contributed by atoms with E-state index in [1.165, 1.54) is 0 Å². The number of hydrogen-bond acceptors (Lipinski definition) is 4. The lowest BCUT2D eigenvalue weighted by molar-refractivity contribution is -0.133. The zero-order chi connectivity index (χ0) is 12.8. The van der Waals surface area contributed by atoms with Crippen molar-refractivity contribution in [1.82, 2.24) is 5.32 Å². The van der Waals surface area contributed by atoms with Crippen molar-refractivity contribution in [3.05, 3.63) is 0 Å². The molecule has 2 N–H and O–H groups in total. The second kappa shape index (κ2) is 6.71. The fraction of sp³-hybridized carbons (Fsp3) is 0.833. The summed E-state index contributed by atoms with van der Waals surface area (Å²) in [6, 6.07) is -0.487. The first kappa shape index (κ1) is 14.1. The summed E-state index contributed by atoms with van der Waals surface area (Å²) in [5.74, 6) is -0.467. The fourth-order valence-electron chi connectivity index (χ4n) is 2.05. The van der Waals surface area contributed by atoms with Crippen LogP contribution in [0.3, 0.4) is 0 Å². The topological polar surface area (TPSA) is 75.6 Å². The van der Waals surface area contributed by atoms with Crippen molar-refractivity contribution >= 4 is 11.7 Å². The summed E-state index contributed by atoms with van der Waals surface area (Å²) in [6.07, 6.45) is 1.55. The first-order valence-corrected chi connectivity index (χ1v) is 6.08. The van der Waals surface area contributed by atoms with Gasteiger partial charge in [0, 0.05) is 19.1 Å². The Labute approximate surface area is 102 Å². The van der Waals surface area contributed by atoms with Gasteiger partial charge in [0.25, 0.3) is 0 Å². The van der Waals surface area contributed by atoms with Gasteiger partial charge in [0.2, 0.25) is 5.91 Å². The molecule has 0 spiro atoms. The maximum absolute atomic E-state index is 12.1. The molecule has 1 atom stereocenters. The lowest BCUT2D eigenvalue weighted by Gasteiger charge is -2.30. The molecule has 98 valence electrons. The third kappa shape index (κ3) is 4.09. The molecule has 1 aliphatic rings. The number of ether oxygens (including phenoxy) is 1. The number of ketones is 1. The van der Waals surface area contributed by atoms with Gasteiger partial charge in [-0.05, 0) is 18.8 Å². The van der Waals surface area contributed by atoms with E-state index in [9.17, 15) is 9.59 Å². The quantitative estimate of drug-likeness (QED) is 0.719. The van der Waals surface area contributed by atoms with Crippen molar-refractivity contribution in [2.45, 2.75) is 32.7 Å². The van der Waals surface area contributed by atoms with Crippen LogP contribution >= 0.6 is 0 Å². The molecule has 1 fully saturated rings. The number of aliphatic hydroxyl groups is 1. The maximum Gasteiger partial charge on any atom is 0.246 e. The summed E-state index contributed by atoms with van der Waals surface area (Å²) < 4.78 is 5.25. The van der Waals surface area contributed by atoms with Gasteiger partial charge in [-0.1, -0.05) is 13.8 Å². The molecule has 1 amide bonds. The van der Waals surface area contributed by atoms with Gasteiger partial charge in [-0.25, -0.2) is 0 Å². The molecular formula is C12H21NO4. The Morgan fingerprint density at radius 2 is 1.94 bits per heavy atom. The summed E-state index contributed by atoms with van der Waals surface area (Å²) in [6.45, 7) is 4.31. The number of carbonyl (C=O) groups excluding carboxylic acids is 2. The summed E-state index contributed by atoms with van der Waals surface area (Å²) in [4.78, 5) is 23.3. The van der Waals surface area contributed by atoms with Crippen LogP contribution in [0.25, 0.3) is 0 Å². The van der Waals surface area contributed by atoms with Crippen LogP contribution < -0.4 is 5.32 Å². The molecule has 1 rings (SSSR count). The molecule has 5 nitrogen and oxygen atoms in total. The van der Waals surface area contributed by atoms with Crippen LogP contribution in [-0.4, -0.2) is 42.7 Å². The second-order valence-corrected chi connectivity index (χ2v) is 4.71. The summed E-state index contributed by atoms with van der Waals surface area (Å²) in [5, 5.41) is 11.4. The zero-order valence-electron chi connectivity index (χ0n) is 10.4. The summed E-state index contributed by atoms with van der Waals surface area (Å²) >= 11 is 0. The van der Waals surface area contributed by atoms with Crippen LogP contribution in [0, 0.1) is 11.8 Å². The van der Waals surface area contributed by atoms with E-state index in [0.717, 1.165) is 12.8 Å². The zero-order valence-corrected chi connectivity index (χ0v) is 10.4. The van der Waals surface area contributed by atoms with E-state index in [1.807, 2.05) is 13.8 Å². The van der Waals surface area contributed by atoms with Gasteiger partial charge in [-0.15, -0.1) is 0 Å². The standard InChI is InChI=1S/C12H21NO4/c1-8(2)12(16)11(13-10(15)7-14)9-3-5-17-6-4-9/h8-9,11,14H,3-7H2,1-2H3,(H,13,15). The van der Waals surface area contributed by atoms with Gasteiger partial charge in [0.05, 0.1) is 6.04 Å². The molecule has 0 aromatic rings. The van der Waals surface area contributed by atoms with E-state index in [4.69, 9.17) is 9.84 Å². The van der Waals surface area contributed by atoms with E-state index in [0.29, 0.717) is 13.2 Å². The molecule has 1 heterocycles. The first-order chi connectivity index (χ1) is 8.06. The normalized spacial score (nSPS) is 19.1. The van der Waals surface area contributed by atoms with Crippen LogP contribution in [0.5, 0.6) is 0 Å². The predicted molar refractivity (Wildman–Crippen MR) is 62.4 cm³/mol. The van der Waals surface area contributed by atoms with Crippen LogP contribution in [0.15, 0.2) is 0 Å². The maximum atomic E-state index is 12.1. The highest BCUT2D eigenvalue weighted by Crippen LogP contribution is 2.21.